The van der Waals surface area contributed by atoms with Crippen LogP contribution in [-0.2, 0) is 9.47 Å². The predicted molar refractivity (Wildman–Crippen MR) is 51.1 cm³/mol. The topological polar surface area (TPSA) is 18.5 Å². The van der Waals surface area contributed by atoms with Crippen molar-refractivity contribution in [3.8, 4) is 0 Å². The Hall–Kier alpha value is -0.340. The zero-order chi connectivity index (χ0) is 9.23. The van der Waals surface area contributed by atoms with Gasteiger partial charge in [-0.05, 0) is 25.7 Å². The van der Waals surface area contributed by atoms with Gasteiger partial charge in [0, 0.05) is 13.2 Å². The number of ether oxygens (including phenoxy) is 2. The van der Waals surface area contributed by atoms with Crippen LogP contribution in [0.15, 0.2) is 13.2 Å². The SMILES string of the molecule is C=C.CCCOC1CCCCO1. The second-order valence-electron chi connectivity index (χ2n) is 2.67. The van der Waals surface area contributed by atoms with Crippen molar-refractivity contribution in [3.63, 3.8) is 0 Å². The van der Waals surface area contributed by atoms with Crippen LogP contribution in [0.1, 0.15) is 32.6 Å². The molecule has 1 aliphatic heterocycles. The quantitative estimate of drug-likeness (QED) is 0.609. The van der Waals surface area contributed by atoms with Crippen LogP contribution >= 0.6 is 0 Å². The maximum atomic E-state index is 5.41. The first-order chi connectivity index (χ1) is 5.93. The Kier molecular flexibility index (Phi) is 8.51. The summed E-state index contributed by atoms with van der Waals surface area (Å²) in [6.07, 6.45) is 4.73. The van der Waals surface area contributed by atoms with Crippen LogP contribution in [-0.4, -0.2) is 19.5 Å². The zero-order valence-electron chi connectivity index (χ0n) is 8.05. The van der Waals surface area contributed by atoms with E-state index in [-0.39, 0.29) is 6.29 Å². The molecule has 2 heteroatoms. The third-order valence-electron chi connectivity index (χ3n) is 1.65. The first-order valence-corrected chi connectivity index (χ1v) is 4.66. The van der Waals surface area contributed by atoms with E-state index in [1.54, 1.807) is 0 Å². The van der Waals surface area contributed by atoms with Gasteiger partial charge in [0.1, 0.15) is 0 Å². The van der Waals surface area contributed by atoms with E-state index < -0.39 is 0 Å². The second-order valence-corrected chi connectivity index (χ2v) is 2.67. The lowest BCUT2D eigenvalue weighted by atomic mass is 10.2. The highest BCUT2D eigenvalue weighted by Crippen LogP contribution is 2.13. The average Bonchev–Trinajstić information content (AvgIpc) is 2.19. The Balaban J connectivity index is 0.000000561. The molecule has 72 valence electrons. The van der Waals surface area contributed by atoms with Crippen LogP contribution < -0.4 is 0 Å². The van der Waals surface area contributed by atoms with Gasteiger partial charge in [0.2, 0.25) is 0 Å². The third-order valence-corrected chi connectivity index (χ3v) is 1.65. The molecule has 0 aromatic heterocycles. The molecular formula is C10H20O2. The fourth-order valence-corrected chi connectivity index (χ4v) is 1.09. The maximum absolute atomic E-state index is 5.41. The molecule has 12 heavy (non-hydrogen) atoms. The molecule has 0 aromatic carbocycles. The van der Waals surface area contributed by atoms with Gasteiger partial charge in [-0.2, -0.15) is 0 Å². The zero-order valence-corrected chi connectivity index (χ0v) is 8.05. The Morgan fingerprint density at radius 3 is 2.67 bits per heavy atom. The molecule has 1 saturated heterocycles. The van der Waals surface area contributed by atoms with Gasteiger partial charge in [0.25, 0.3) is 0 Å². The molecule has 1 fully saturated rings. The van der Waals surface area contributed by atoms with Crippen molar-refractivity contribution in [3.05, 3.63) is 13.2 Å². The lowest BCUT2D eigenvalue weighted by molar-refractivity contribution is -0.162. The molecule has 0 amide bonds. The van der Waals surface area contributed by atoms with Crippen LogP contribution in [0.4, 0.5) is 0 Å². The fourth-order valence-electron chi connectivity index (χ4n) is 1.09. The summed E-state index contributed by atoms with van der Waals surface area (Å²) in [6, 6.07) is 0. The van der Waals surface area contributed by atoms with E-state index in [1.165, 1.54) is 12.8 Å². The van der Waals surface area contributed by atoms with Crippen LogP contribution in [0.3, 0.4) is 0 Å². The summed E-state index contributed by atoms with van der Waals surface area (Å²) < 4.78 is 10.8. The highest BCUT2D eigenvalue weighted by Gasteiger charge is 2.12. The number of hydrogen-bond donors (Lipinski definition) is 0. The normalized spacial score (nSPS) is 22.6. The van der Waals surface area contributed by atoms with E-state index in [4.69, 9.17) is 9.47 Å². The Morgan fingerprint density at radius 1 is 1.42 bits per heavy atom. The highest BCUT2D eigenvalue weighted by molar-refractivity contribution is 4.53. The summed E-state index contributed by atoms with van der Waals surface area (Å²) >= 11 is 0. The monoisotopic (exact) mass is 172 g/mol. The molecule has 0 radical (unpaired) electrons. The van der Waals surface area contributed by atoms with Gasteiger partial charge in [-0.25, -0.2) is 0 Å². The van der Waals surface area contributed by atoms with Crippen molar-refractivity contribution in [1.82, 2.24) is 0 Å². The van der Waals surface area contributed by atoms with Gasteiger partial charge in [0.15, 0.2) is 6.29 Å². The van der Waals surface area contributed by atoms with Crippen molar-refractivity contribution in [2.75, 3.05) is 13.2 Å². The molecule has 0 N–H and O–H groups in total. The van der Waals surface area contributed by atoms with Crippen LogP contribution in [0, 0.1) is 0 Å². The lowest BCUT2D eigenvalue weighted by Crippen LogP contribution is -2.22. The molecule has 1 heterocycles. The molecule has 0 saturated carbocycles. The van der Waals surface area contributed by atoms with Crippen molar-refractivity contribution in [2.45, 2.75) is 38.9 Å². The van der Waals surface area contributed by atoms with Crippen LogP contribution in [0.5, 0.6) is 0 Å². The van der Waals surface area contributed by atoms with Gasteiger partial charge in [0.05, 0.1) is 0 Å². The molecule has 0 spiro atoms. The summed E-state index contributed by atoms with van der Waals surface area (Å²) in [7, 11) is 0. The van der Waals surface area contributed by atoms with E-state index in [0.29, 0.717) is 0 Å². The van der Waals surface area contributed by atoms with E-state index in [9.17, 15) is 0 Å². The molecule has 1 atom stereocenters. The Bertz CT molecular complexity index is 87.8. The predicted octanol–water partition coefficient (Wildman–Crippen LogP) is 2.74. The smallest absolute Gasteiger partial charge is 0.157 e. The van der Waals surface area contributed by atoms with Gasteiger partial charge in [-0.1, -0.05) is 6.92 Å². The van der Waals surface area contributed by atoms with Crippen molar-refractivity contribution < 1.29 is 9.47 Å². The molecule has 1 unspecified atom stereocenters. The fraction of sp³-hybridized carbons (Fsp3) is 0.800. The standard InChI is InChI=1S/C8H16O2.C2H4/c1-2-6-9-8-5-3-4-7-10-8;1-2/h8H,2-7H2,1H3;1-2H2. The van der Waals surface area contributed by atoms with Gasteiger partial charge >= 0.3 is 0 Å². The molecular weight excluding hydrogens is 152 g/mol. The van der Waals surface area contributed by atoms with Crippen molar-refractivity contribution >= 4 is 0 Å². The first kappa shape index (κ1) is 11.7. The van der Waals surface area contributed by atoms with Crippen molar-refractivity contribution in [2.24, 2.45) is 0 Å². The highest BCUT2D eigenvalue weighted by atomic mass is 16.7. The largest absolute Gasteiger partial charge is 0.353 e. The number of rotatable bonds is 3. The average molecular weight is 172 g/mol. The molecule has 0 aliphatic carbocycles. The molecule has 2 nitrogen and oxygen atoms in total. The summed E-state index contributed by atoms with van der Waals surface area (Å²) in [6.45, 7) is 9.84. The Morgan fingerprint density at radius 2 is 2.17 bits per heavy atom. The van der Waals surface area contributed by atoms with E-state index in [1.807, 2.05) is 0 Å². The third kappa shape index (κ3) is 5.33. The molecule has 0 bridgehead atoms. The summed E-state index contributed by atoms with van der Waals surface area (Å²) in [4.78, 5) is 0. The van der Waals surface area contributed by atoms with E-state index >= 15 is 0 Å². The minimum Gasteiger partial charge on any atom is -0.353 e. The van der Waals surface area contributed by atoms with Crippen LogP contribution in [0.25, 0.3) is 0 Å². The molecule has 0 aromatic rings. The second kappa shape index (κ2) is 8.75. The number of hydrogen-bond acceptors (Lipinski definition) is 2. The van der Waals surface area contributed by atoms with Gasteiger partial charge in [-0.15, -0.1) is 13.2 Å². The van der Waals surface area contributed by atoms with Gasteiger partial charge in [-0.3, -0.25) is 0 Å². The van der Waals surface area contributed by atoms with Gasteiger partial charge < -0.3 is 9.47 Å². The Labute approximate surface area is 75.6 Å². The summed E-state index contributed by atoms with van der Waals surface area (Å²) in [5.41, 5.74) is 0. The first-order valence-electron chi connectivity index (χ1n) is 4.66. The summed E-state index contributed by atoms with van der Waals surface area (Å²) in [5, 5.41) is 0. The minimum absolute atomic E-state index is 0.105. The molecule has 1 rings (SSSR count). The van der Waals surface area contributed by atoms with Crippen LogP contribution in [0.2, 0.25) is 0 Å². The summed E-state index contributed by atoms with van der Waals surface area (Å²) in [5.74, 6) is 0. The minimum atomic E-state index is 0.105. The maximum Gasteiger partial charge on any atom is 0.157 e. The molecule has 1 aliphatic rings. The van der Waals surface area contributed by atoms with E-state index in [0.717, 1.165) is 26.1 Å². The van der Waals surface area contributed by atoms with E-state index in [2.05, 4.69) is 20.1 Å². The lowest BCUT2D eigenvalue weighted by Gasteiger charge is -2.22. The van der Waals surface area contributed by atoms with Crippen molar-refractivity contribution in [1.29, 1.82) is 0 Å².